The molecule has 94 valence electrons. The molecule has 0 saturated heterocycles. The third-order valence-corrected chi connectivity index (χ3v) is 3.39. The molecular formula is C14H9Cl2N3. The Bertz CT molecular complexity index is 729. The second-order valence-electron chi connectivity index (χ2n) is 4.00. The molecule has 3 rings (SSSR count). The Morgan fingerprint density at radius 2 is 1.89 bits per heavy atom. The molecule has 2 aromatic carbocycles. The molecule has 1 heterocycles. The van der Waals surface area contributed by atoms with Gasteiger partial charge in [0.25, 0.3) is 0 Å². The van der Waals surface area contributed by atoms with Crippen LogP contribution in [0.5, 0.6) is 0 Å². The van der Waals surface area contributed by atoms with Crippen molar-refractivity contribution in [3.8, 4) is 0 Å². The predicted molar refractivity (Wildman–Crippen MR) is 79.8 cm³/mol. The number of nitrogens with zero attached hydrogens (tertiary/aromatic N) is 2. The van der Waals surface area contributed by atoms with Gasteiger partial charge in [0, 0.05) is 0 Å². The van der Waals surface area contributed by atoms with Gasteiger partial charge in [-0.05, 0) is 30.3 Å². The quantitative estimate of drug-likeness (QED) is 0.687. The summed E-state index contributed by atoms with van der Waals surface area (Å²) in [7, 11) is 0. The van der Waals surface area contributed by atoms with Gasteiger partial charge < -0.3 is 4.98 Å². The van der Waals surface area contributed by atoms with Crippen molar-refractivity contribution in [3.63, 3.8) is 0 Å². The second-order valence-corrected chi connectivity index (χ2v) is 4.81. The molecule has 0 aliphatic carbocycles. The number of aromatic nitrogens is 2. The summed E-state index contributed by atoms with van der Waals surface area (Å²) in [6, 6.07) is 13.1. The maximum absolute atomic E-state index is 5.93. The number of nitrogens with one attached hydrogen (secondary N) is 1. The van der Waals surface area contributed by atoms with Crippen molar-refractivity contribution in [1.29, 1.82) is 0 Å². The average Bonchev–Trinajstić information content (AvgIpc) is 2.83. The number of imidazole rings is 1. The lowest BCUT2D eigenvalue weighted by Crippen LogP contribution is -1.82. The van der Waals surface area contributed by atoms with Crippen molar-refractivity contribution in [2.24, 2.45) is 4.99 Å². The van der Waals surface area contributed by atoms with Gasteiger partial charge in [-0.3, -0.25) is 4.99 Å². The Hall–Kier alpha value is -1.84. The third-order valence-electron chi connectivity index (χ3n) is 2.65. The summed E-state index contributed by atoms with van der Waals surface area (Å²) >= 11 is 11.8. The number of rotatable bonds is 2. The van der Waals surface area contributed by atoms with Gasteiger partial charge in [-0.2, -0.15) is 0 Å². The molecular weight excluding hydrogens is 281 g/mol. The van der Waals surface area contributed by atoms with Crippen LogP contribution in [0.1, 0.15) is 5.82 Å². The number of halogens is 2. The molecule has 3 nitrogen and oxygen atoms in total. The second kappa shape index (κ2) is 5.03. The van der Waals surface area contributed by atoms with E-state index in [2.05, 4.69) is 15.0 Å². The molecule has 0 unspecified atom stereocenters. The van der Waals surface area contributed by atoms with Crippen LogP contribution in [0.15, 0.2) is 47.5 Å². The highest BCUT2D eigenvalue weighted by Gasteiger charge is 2.00. The molecule has 19 heavy (non-hydrogen) atoms. The Morgan fingerprint density at radius 1 is 1.05 bits per heavy atom. The summed E-state index contributed by atoms with van der Waals surface area (Å²) in [5, 5.41) is 1.00. The average molecular weight is 290 g/mol. The number of fused-ring (bicyclic) bond motifs is 1. The molecule has 0 aliphatic heterocycles. The van der Waals surface area contributed by atoms with E-state index in [1.165, 1.54) is 0 Å². The van der Waals surface area contributed by atoms with Gasteiger partial charge in [0.2, 0.25) is 0 Å². The lowest BCUT2D eigenvalue weighted by atomic mass is 10.3. The van der Waals surface area contributed by atoms with E-state index in [1.807, 2.05) is 24.3 Å². The van der Waals surface area contributed by atoms with Crippen LogP contribution < -0.4 is 0 Å². The molecule has 3 aromatic rings. The highest BCUT2D eigenvalue weighted by atomic mass is 35.5. The minimum absolute atomic E-state index is 0.487. The van der Waals surface area contributed by atoms with Gasteiger partial charge in [-0.25, -0.2) is 4.98 Å². The first-order valence-corrected chi connectivity index (χ1v) is 6.42. The fourth-order valence-corrected chi connectivity index (χ4v) is 2.03. The maximum Gasteiger partial charge on any atom is 0.149 e. The summed E-state index contributed by atoms with van der Waals surface area (Å²) in [6.45, 7) is 0. The molecule has 0 atom stereocenters. The number of aromatic amines is 1. The van der Waals surface area contributed by atoms with Gasteiger partial charge in [0.05, 0.1) is 33.0 Å². The minimum atomic E-state index is 0.487. The van der Waals surface area contributed by atoms with Gasteiger partial charge in [-0.15, -0.1) is 0 Å². The van der Waals surface area contributed by atoms with Crippen molar-refractivity contribution < 1.29 is 0 Å². The maximum atomic E-state index is 5.93. The molecule has 0 radical (unpaired) electrons. The lowest BCUT2D eigenvalue weighted by Gasteiger charge is -1.96. The van der Waals surface area contributed by atoms with Gasteiger partial charge in [0.15, 0.2) is 0 Å². The van der Waals surface area contributed by atoms with Crippen LogP contribution in [0.4, 0.5) is 5.69 Å². The minimum Gasteiger partial charge on any atom is -0.337 e. The van der Waals surface area contributed by atoms with Gasteiger partial charge in [-0.1, -0.05) is 35.3 Å². The number of H-pyrrole nitrogens is 1. The number of hydrogen-bond donors (Lipinski definition) is 1. The van der Waals surface area contributed by atoms with Crippen molar-refractivity contribution >= 4 is 46.1 Å². The Labute approximate surface area is 119 Å². The van der Waals surface area contributed by atoms with E-state index < -0.39 is 0 Å². The van der Waals surface area contributed by atoms with E-state index in [1.54, 1.807) is 24.4 Å². The van der Waals surface area contributed by atoms with Gasteiger partial charge in [0.1, 0.15) is 5.82 Å². The summed E-state index contributed by atoms with van der Waals surface area (Å²) in [6.07, 6.45) is 1.67. The van der Waals surface area contributed by atoms with E-state index in [0.29, 0.717) is 15.9 Å². The van der Waals surface area contributed by atoms with Crippen molar-refractivity contribution in [2.75, 3.05) is 0 Å². The summed E-state index contributed by atoms with van der Waals surface area (Å²) in [5.41, 5.74) is 2.63. The summed E-state index contributed by atoms with van der Waals surface area (Å²) in [4.78, 5) is 11.9. The highest BCUT2D eigenvalue weighted by molar-refractivity contribution is 6.42. The van der Waals surface area contributed by atoms with E-state index in [-0.39, 0.29) is 0 Å². The third kappa shape index (κ3) is 2.62. The number of aliphatic imine (C=N–C) groups is 1. The largest absolute Gasteiger partial charge is 0.337 e. The Morgan fingerprint density at radius 3 is 2.68 bits per heavy atom. The monoisotopic (exact) mass is 289 g/mol. The zero-order chi connectivity index (χ0) is 13.2. The lowest BCUT2D eigenvalue weighted by molar-refractivity contribution is 1.30. The zero-order valence-electron chi connectivity index (χ0n) is 9.77. The number of para-hydroxylation sites is 2. The van der Waals surface area contributed by atoms with Crippen LogP contribution >= 0.6 is 23.2 Å². The van der Waals surface area contributed by atoms with Crippen LogP contribution in [0.2, 0.25) is 10.0 Å². The van der Waals surface area contributed by atoms with Crippen LogP contribution in [-0.4, -0.2) is 16.2 Å². The first-order valence-electron chi connectivity index (χ1n) is 5.66. The van der Waals surface area contributed by atoms with Gasteiger partial charge >= 0.3 is 0 Å². The first-order chi connectivity index (χ1) is 9.22. The Kier molecular flexibility index (Phi) is 3.23. The number of benzene rings is 2. The van der Waals surface area contributed by atoms with E-state index in [4.69, 9.17) is 23.2 Å². The fourth-order valence-electron chi connectivity index (χ4n) is 1.73. The molecule has 0 saturated carbocycles. The molecule has 0 bridgehead atoms. The highest BCUT2D eigenvalue weighted by Crippen LogP contribution is 2.26. The molecule has 0 aliphatic rings. The first kappa shape index (κ1) is 12.2. The standard InChI is InChI=1S/C14H9Cl2N3/c15-10-6-5-9(7-11(10)16)17-8-14-18-12-3-1-2-4-13(12)19-14/h1-8H,(H,18,19). The SMILES string of the molecule is Clc1ccc(N=Cc2nc3ccccc3[nH]2)cc1Cl. The normalized spacial score (nSPS) is 11.5. The van der Waals surface area contributed by atoms with E-state index in [0.717, 1.165) is 16.7 Å². The van der Waals surface area contributed by atoms with Crippen LogP contribution in [0.3, 0.4) is 0 Å². The molecule has 0 amide bonds. The molecule has 1 N–H and O–H groups in total. The molecule has 0 fully saturated rings. The van der Waals surface area contributed by atoms with Crippen molar-refractivity contribution in [2.45, 2.75) is 0 Å². The summed E-state index contributed by atoms with van der Waals surface area (Å²) in [5.74, 6) is 0.701. The van der Waals surface area contributed by atoms with Crippen molar-refractivity contribution in [3.05, 3.63) is 58.3 Å². The molecule has 1 aromatic heterocycles. The molecule has 0 spiro atoms. The number of hydrogen-bond acceptors (Lipinski definition) is 2. The van der Waals surface area contributed by atoms with E-state index in [9.17, 15) is 0 Å². The van der Waals surface area contributed by atoms with Crippen molar-refractivity contribution in [1.82, 2.24) is 9.97 Å². The van der Waals surface area contributed by atoms with Crippen LogP contribution in [0.25, 0.3) is 11.0 Å². The smallest absolute Gasteiger partial charge is 0.149 e. The topological polar surface area (TPSA) is 41.0 Å². The van der Waals surface area contributed by atoms with E-state index >= 15 is 0 Å². The van der Waals surface area contributed by atoms with Crippen LogP contribution in [-0.2, 0) is 0 Å². The fraction of sp³-hybridized carbons (Fsp3) is 0. The zero-order valence-corrected chi connectivity index (χ0v) is 11.3. The Balaban J connectivity index is 1.91. The van der Waals surface area contributed by atoms with Crippen LogP contribution in [0, 0.1) is 0 Å². The summed E-state index contributed by atoms with van der Waals surface area (Å²) < 4.78 is 0. The molecule has 5 heteroatoms. The predicted octanol–water partition coefficient (Wildman–Crippen LogP) is 4.62.